The van der Waals surface area contributed by atoms with Crippen molar-refractivity contribution in [2.45, 2.75) is 224 Å². The van der Waals surface area contributed by atoms with Crippen LogP contribution < -0.4 is 5.32 Å². The minimum Gasteiger partial charge on any atom is -0.394 e. The summed E-state index contributed by atoms with van der Waals surface area (Å²) < 4.78 is 11.2. The van der Waals surface area contributed by atoms with Crippen molar-refractivity contribution >= 4 is 5.91 Å². The van der Waals surface area contributed by atoms with E-state index in [1.807, 2.05) is 0 Å². The Kier molecular flexibility index (Phi) is 27.9. The molecular weight excluding hydrogens is 638 g/mol. The molecule has 0 aliphatic carbocycles. The van der Waals surface area contributed by atoms with Crippen LogP contribution in [0, 0.1) is 11.8 Å². The van der Waals surface area contributed by atoms with Crippen molar-refractivity contribution in [1.82, 2.24) is 5.32 Å². The highest BCUT2D eigenvalue weighted by atomic mass is 16.7. The number of rotatable bonds is 32. The van der Waals surface area contributed by atoms with Gasteiger partial charge in [0.15, 0.2) is 6.29 Å². The summed E-state index contributed by atoms with van der Waals surface area (Å²) in [7, 11) is 0. The van der Waals surface area contributed by atoms with Crippen molar-refractivity contribution in [2.24, 2.45) is 11.8 Å². The van der Waals surface area contributed by atoms with Crippen LogP contribution in [0.1, 0.15) is 175 Å². The monoisotopic (exact) mass is 718 g/mol. The normalized spacial score (nSPS) is 23.0. The molecule has 7 N–H and O–H groups in total. The van der Waals surface area contributed by atoms with Crippen molar-refractivity contribution in [2.75, 3.05) is 13.2 Å². The highest BCUT2D eigenvalue weighted by molar-refractivity contribution is 5.76. The summed E-state index contributed by atoms with van der Waals surface area (Å²) in [5.41, 5.74) is 0. The van der Waals surface area contributed by atoms with Gasteiger partial charge in [-0.3, -0.25) is 4.79 Å². The number of unbranched alkanes of at least 4 members (excludes halogenated alkanes) is 16. The summed E-state index contributed by atoms with van der Waals surface area (Å²) >= 11 is 0. The van der Waals surface area contributed by atoms with Gasteiger partial charge in [-0.05, 0) is 24.7 Å². The van der Waals surface area contributed by atoms with Crippen molar-refractivity contribution < 1.29 is 44.9 Å². The third kappa shape index (κ3) is 22.9. The largest absolute Gasteiger partial charge is 0.394 e. The molecule has 0 spiro atoms. The second kappa shape index (κ2) is 29.6. The molecule has 10 heteroatoms. The van der Waals surface area contributed by atoms with Crippen LogP contribution in [-0.4, -0.2) is 98.7 Å². The highest BCUT2D eigenvalue weighted by Crippen LogP contribution is 2.23. The topological polar surface area (TPSA) is 169 Å². The molecule has 298 valence electrons. The Morgan fingerprint density at radius 1 is 0.620 bits per heavy atom. The van der Waals surface area contributed by atoms with Crippen LogP contribution in [0.2, 0.25) is 0 Å². The summed E-state index contributed by atoms with van der Waals surface area (Å²) in [6.45, 7) is 8.29. The van der Waals surface area contributed by atoms with Gasteiger partial charge in [-0.15, -0.1) is 0 Å². The molecule has 0 aromatic carbocycles. The summed E-state index contributed by atoms with van der Waals surface area (Å²) in [6.07, 6.45) is 15.7. The van der Waals surface area contributed by atoms with Crippen LogP contribution in [0.15, 0.2) is 0 Å². The number of aliphatic hydroxyl groups excluding tert-OH is 6. The van der Waals surface area contributed by atoms with Crippen molar-refractivity contribution in [1.29, 1.82) is 0 Å². The van der Waals surface area contributed by atoms with Crippen LogP contribution >= 0.6 is 0 Å². The van der Waals surface area contributed by atoms with E-state index >= 15 is 0 Å². The quantitative estimate of drug-likeness (QED) is 0.0395. The molecular formula is C40H79NO9. The molecule has 8 unspecified atom stereocenters. The Morgan fingerprint density at radius 2 is 1.04 bits per heavy atom. The van der Waals surface area contributed by atoms with Gasteiger partial charge < -0.3 is 45.4 Å². The first kappa shape index (κ1) is 47.2. The van der Waals surface area contributed by atoms with Crippen LogP contribution in [0.4, 0.5) is 0 Å². The first-order valence-corrected chi connectivity index (χ1v) is 20.5. The van der Waals surface area contributed by atoms with E-state index in [-0.39, 0.29) is 13.0 Å². The molecule has 1 aliphatic heterocycles. The molecule has 1 heterocycles. The molecule has 0 aromatic heterocycles. The van der Waals surface area contributed by atoms with Crippen LogP contribution in [0.5, 0.6) is 0 Å². The Morgan fingerprint density at radius 3 is 1.48 bits per heavy atom. The first-order chi connectivity index (χ1) is 24.0. The molecule has 0 saturated carbocycles. The van der Waals surface area contributed by atoms with Gasteiger partial charge in [0, 0.05) is 0 Å². The lowest BCUT2D eigenvalue weighted by Crippen LogP contribution is -2.60. The molecule has 1 saturated heterocycles. The second-order valence-corrected chi connectivity index (χ2v) is 15.9. The van der Waals surface area contributed by atoms with E-state index in [9.17, 15) is 35.4 Å². The molecule has 10 nitrogen and oxygen atoms in total. The third-order valence-corrected chi connectivity index (χ3v) is 10.1. The lowest BCUT2D eigenvalue weighted by molar-refractivity contribution is -0.302. The second-order valence-electron chi connectivity index (χ2n) is 15.9. The average molecular weight is 718 g/mol. The lowest BCUT2D eigenvalue weighted by Gasteiger charge is -2.40. The predicted octanol–water partition coefficient (Wildman–Crippen LogP) is 6.29. The minimum atomic E-state index is -1.58. The molecule has 0 bridgehead atoms. The van der Waals surface area contributed by atoms with Crippen molar-refractivity contribution in [3.8, 4) is 0 Å². The number of ether oxygens (including phenoxy) is 2. The Balaban J connectivity index is 2.46. The summed E-state index contributed by atoms with van der Waals surface area (Å²) in [5, 5.41) is 64.5. The van der Waals surface area contributed by atoms with Crippen molar-refractivity contribution in [3.63, 3.8) is 0 Å². The van der Waals surface area contributed by atoms with E-state index in [2.05, 4.69) is 33.0 Å². The number of nitrogens with one attached hydrogen (secondary N) is 1. The smallest absolute Gasteiger partial charge is 0.222 e. The molecule has 1 rings (SSSR count). The fourth-order valence-corrected chi connectivity index (χ4v) is 6.75. The van der Waals surface area contributed by atoms with E-state index in [1.54, 1.807) is 0 Å². The highest BCUT2D eigenvalue weighted by Gasteiger charge is 2.44. The summed E-state index contributed by atoms with van der Waals surface area (Å²) in [6, 6.07) is -0.835. The van der Waals surface area contributed by atoms with Gasteiger partial charge in [-0.1, -0.05) is 156 Å². The zero-order chi connectivity index (χ0) is 37.1. The number of aliphatic hydroxyl groups is 6. The lowest BCUT2D eigenvalue weighted by atomic mass is 9.99. The maximum absolute atomic E-state index is 12.9. The van der Waals surface area contributed by atoms with Crippen molar-refractivity contribution in [3.05, 3.63) is 0 Å². The SMILES string of the molecule is CC(C)CCCCCCCCCCCC(O)CC(=O)NC(COC1OC(CO)C(O)C(O)C1O)C(O)CCCCCCCCCCCC(C)C. The molecule has 1 aliphatic rings. The number of amides is 1. The van der Waals surface area contributed by atoms with E-state index in [0.717, 1.165) is 56.8 Å². The molecule has 50 heavy (non-hydrogen) atoms. The molecule has 1 amide bonds. The first-order valence-electron chi connectivity index (χ1n) is 20.5. The Bertz CT molecular complexity index is 799. The minimum absolute atomic E-state index is 0.0862. The maximum atomic E-state index is 12.9. The zero-order valence-electron chi connectivity index (χ0n) is 32.4. The number of hydrogen-bond acceptors (Lipinski definition) is 9. The zero-order valence-corrected chi connectivity index (χ0v) is 32.4. The van der Waals surface area contributed by atoms with E-state index in [0.29, 0.717) is 12.8 Å². The van der Waals surface area contributed by atoms with E-state index in [4.69, 9.17) is 9.47 Å². The van der Waals surface area contributed by atoms with Gasteiger partial charge in [-0.25, -0.2) is 0 Å². The summed E-state index contributed by atoms with van der Waals surface area (Å²) in [4.78, 5) is 12.9. The van der Waals surface area contributed by atoms with Gasteiger partial charge in [0.05, 0.1) is 37.9 Å². The molecule has 1 fully saturated rings. The average Bonchev–Trinajstić information content (AvgIpc) is 3.07. The van der Waals surface area contributed by atoms with E-state index in [1.165, 1.54) is 83.5 Å². The number of hydrogen-bond donors (Lipinski definition) is 7. The Labute approximate surface area is 305 Å². The van der Waals surface area contributed by atoms with Gasteiger partial charge in [0.2, 0.25) is 5.91 Å². The van der Waals surface area contributed by atoms with Gasteiger partial charge >= 0.3 is 0 Å². The third-order valence-electron chi connectivity index (χ3n) is 10.1. The summed E-state index contributed by atoms with van der Waals surface area (Å²) in [5.74, 6) is 1.17. The number of carbonyl (C=O) groups is 1. The number of carbonyl (C=O) groups excluding carboxylic acids is 1. The fraction of sp³-hybridized carbons (Fsp3) is 0.975. The molecule has 0 aromatic rings. The fourth-order valence-electron chi connectivity index (χ4n) is 6.75. The van der Waals surface area contributed by atoms with Crippen LogP contribution in [0.3, 0.4) is 0 Å². The van der Waals surface area contributed by atoms with Gasteiger partial charge in [0.25, 0.3) is 0 Å². The predicted molar refractivity (Wildman–Crippen MR) is 200 cm³/mol. The Hall–Kier alpha value is -0.850. The van der Waals surface area contributed by atoms with Crippen LogP contribution in [0.25, 0.3) is 0 Å². The van der Waals surface area contributed by atoms with Gasteiger partial charge in [0.1, 0.15) is 24.4 Å². The van der Waals surface area contributed by atoms with Gasteiger partial charge in [-0.2, -0.15) is 0 Å². The maximum Gasteiger partial charge on any atom is 0.222 e. The molecule has 8 atom stereocenters. The van der Waals surface area contributed by atoms with Crippen LogP contribution in [-0.2, 0) is 14.3 Å². The molecule has 0 radical (unpaired) electrons. The van der Waals surface area contributed by atoms with E-state index < -0.39 is 61.5 Å². The standard InChI is InChI=1S/C40H79NO9/c1-30(2)23-19-15-11-7-5-9-13-17-21-25-32(43)27-36(45)41-33(29-49-40-39(48)38(47)37(46)35(28-42)50-40)34(44)26-22-18-14-10-6-8-12-16-20-24-31(3)4/h30-35,37-40,42-44,46-48H,5-29H2,1-4H3,(H,41,45).